The second kappa shape index (κ2) is 16.7. The van der Waals surface area contributed by atoms with Gasteiger partial charge < -0.3 is 0 Å². The molecule has 1 aliphatic heterocycles. The summed E-state index contributed by atoms with van der Waals surface area (Å²) >= 11 is 1.82. The average molecular weight is 829 g/mol. The Bertz CT molecular complexity index is 2010. The summed E-state index contributed by atoms with van der Waals surface area (Å²) in [6, 6.07) is 50.2. The van der Waals surface area contributed by atoms with Crippen molar-refractivity contribution in [3.63, 3.8) is 0 Å². The van der Waals surface area contributed by atoms with Crippen molar-refractivity contribution >= 4 is 34.8 Å². The molecule has 1 nitrogen and oxygen atoms in total. The second-order valence-corrected chi connectivity index (χ2v) is 15.8. The molecule has 0 saturated carbocycles. The third kappa shape index (κ3) is 7.69. The van der Waals surface area contributed by atoms with Crippen molar-refractivity contribution in [1.82, 2.24) is 0 Å². The average Bonchev–Trinajstić information content (AvgIpc) is 3.61. The Morgan fingerprint density at radius 1 is 0.673 bits per heavy atom. The van der Waals surface area contributed by atoms with E-state index in [1.165, 1.54) is 43.5 Å². The second-order valence-electron chi connectivity index (χ2n) is 11.8. The Balaban J connectivity index is 1.60. The minimum absolute atomic E-state index is 0.596. The molecule has 5 aromatic carbocycles. The molecular formula is C46H39OOsP+. The van der Waals surface area contributed by atoms with Crippen LogP contribution in [-0.4, -0.2) is 13.2 Å². The summed E-state index contributed by atoms with van der Waals surface area (Å²) in [5.41, 5.74) is 7.96. The van der Waals surface area contributed by atoms with E-state index in [-0.39, 0.29) is 0 Å². The zero-order chi connectivity index (χ0) is 33.9. The van der Waals surface area contributed by atoms with Crippen LogP contribution >= 0.6 is 7.26 Å². The van der Waals surface area contributed by atoms with Gasteiger partial charge in [-0.2, -0.15) is 0 Å². The molecule has 0 spiro atoms. The monoisotopic (exact) mass is 830 g/mol. The number of hydrogen-bond donors (Lipinski definition) is 0. The van der Waals surface area contributed by atoms with Gasteiger partial charge in [0.25, 0.3) is 0 Å². The van der Waals surface area contributed by atoms with Gasteiger partial charge in [0, 0.05) is 0 Å². The van der Waals surface area contributed by atoms with E-state index in [1.807, 2.05) is 30.9 Å². The third-order valence-corrected chi connectivity index (χ3v) is 14.0. The van der Waals surface area contributed by atoms with Gasteiger partial charge in [-0.3, -0.25) is 0 Å². The number of allylic oxidation sites excluding steroid dienone is 5. The summed E-state index contributed by atoms with van der Waals surface area (Å²) in [7, 11) is -2.41. The molecule has 0 unspecified atom stereocenters. The predicted molar refractivity (Wildman–Crippen MR) is 207 cm³/mol. The Hall–Kier alpha value is -4.57. The first-order valence-corrected chi connectivity index (χ1v) is 19.7. The number of ether oxygens (including phenoxy) is 1. The van der Waals surface area contributed by atoms with Crippen LogP contribution in [0.2, 0.25) is 0 Å². The zero-order valence-corrected chi connectivity index (χ0v) is 31.4. The van der Waals surface area contributed by atoms with Crippen molar-refractivity contribution < 1.29 is 22.7 Å². The summed E-state index contributed by atoms with van der Waals surface area (Å²) in [6.07, 6.45) is 9.79. The molecule has 0 atom stereocenters. The fourth-order valence-corrected chi connectivity index (χ4v) is 12.1. The SMILES string of the molecule is C/C=C/c1ccc(C#Cc2ccc(C(C=C3COCC3=CCC)=C([C]#[Os])[P+](c3ccccc3)(c3ccccc3)c3ccccc3)cc2)cc1. The molecule has 0 aliphatic carbocycles. The summed E-state index contributed by atoms with van der Waals surface area (Å²) < 4.78 is 9.89. The van der Waals surface area contributed by atoms with Gasteiger partial charge in [0.15, 0.2) is 0 Å². The molecule has 6 rings (SSSR count). The van der Waals surface area contributed by atoms with Crippen LogP contribution < -0.4 is 15.9 Å². The van der Waals surface area contributed by atoms with E-state index in [0.717, 1.165) is 23.1 Å². The molecule has 0 amide bonds. The van der Waals surface area contributed by atoms with E-state index in [2.05, 4.69) is 181 Å². The molecule has 49 heavy (non-hydrogen) atoms. The van der Waals surface area contributed by atoms with Gasteiger partial charge in [-0.1, -0.05) is 12.2 Å². The van der Waals surface area contributed by atoms with E-state index in [1.54, 1.807) is 0 Å². The van der Waals surface area contributed by atoms with Crippen LogP contribution in [0.15, 0.2) is 174 Å². The molecule has 3 heteroatoms. The van der Waals surface area contributed by atoms with Crippen molar-refractivity contribution in [2.45, 2.75) is 20.3 Å². The van der Waals surface area contributed by atoms with E-state index >= 15 is 0 Å². The van der Waals surface area contributed by atoms with Crippen molar-refractivity contribution in [1.29, 1.82) is 0 Å². The van der Waals surface area contributed by atoms with Gasteiger partial charge in [0.05, 0.1) is 0 Å². The summed E-state index contributed by atoms with van der Waals surface area (Å²) in [6.45, 7) is 5.46. The molecule has 1 aliphatic rings. The van der Waals surface area contributed by atoms with Gasteiger partial charge >= 0.3 is 279 Å². The quantitative estimate of drug-likeness (QED) is 0.112. The van der Waals surface area contributed by atoms with E-state index in [4.69, 9.17) is 4.74 Å². The molecule has 1 saturated heterocycles. The first kappa shape index (κ1) is 34.3. The Morgan fingerprint density at radius 3 is 1.63 bits per heavy atom. The van der Waals surface area contributed by atoms with E-state index < -0.39 is 7.26 Å². The molecule has 241 valence electrons. The Morgan fingerprint density at radius 2 is 1.16 bits per heavy atom. The van der Waals surface area contributed by atoms with Gasteiger partial charge in [-0.05, 0) is 12.5 Å². The topological polar surface area (TPSA) is 9.23 Å². The molecule has 1 heterocycles. The molecule has 0 bridgehead atoms. The first-order valence-electron chi connectivity index (χ1n) is 16.7. The molecule has 1 fully saturated rings. The summed E-state index contributed by atoms with van der Waals surface area (Å²) in [5, 5.41) is 5.11. The number of hydrogen-bond acceptors (Lipinski definition) is 1. The van der Waals surface area contributed by atoms with Crippen LogP contribution in [0.1, 0.15) is 42.5 Å². The molecule has 0 N–H and O–H groups in total. The van der Waals surface area contributed by atoms with Crippen LogP contribution in [0.3, 0.4) is 0 Å². The summed E-state index contributed by atoms with van der Waals surface area (Å²) in [4.78, 5) is 0. The number of benzene rings is 5. The predicted octanol–water partition coefficient (Wildman–Crippen LogP) is 9.62. The van der Waals surface area contributed by atoms with Crippen LogP contribution in [0.4, 0.5) is 0 Å². The van der Waals surface area contributed by atoms with Crippen molar-refractivity contribution in [3.8, 4) is 16.2 Å². The molecule has 0 radical (unpaired) electrons. The first-order chi connectivity index (χ1) is 24.2. The van der Waals surface area contributed by atoms with Gasteiger partial charge in [-0.15, -0.1) is 0 Å². The maximum absolute atomic E-state index is 6.04. The van der Waals surface area contributed by atoms with Crippen molar-refractivity contribution in [2.24, 2.45) is 0 Å². The Kier molecular flexibility index (Phi) is 11.7. The van der Waals surface area contributed by atoms with Crippen LogP contribution in [0.5, 0.6) is 0 Å². The summed E-state index contributed by atoms with van der Waals surface area (Å²) in [5.74, 6) is 6.74. The van der Waals surface area contributed by atoms with Gasteiger partial charge in [0.2, 0.25) is 0 Å². The maximum atomic E-state index is 6.04. The normalized spacial score (nSPS) is 15.1. The third-order valence-electron chi connectivity index (χ3n) is 8.62. The standard InChI is InChI=1S/C46H39OP.Os/c1-4-15-37-23-25-38(26-24-37)27-28-39-29-31-40(32-30-39)46(33-42-35-47-34-41(42)16-5-2)36(3)48(43-17-9-6-10-18-43,44-19-11-7-12-20-44)45-21-13-8-14-22-45;/h4,6-26,29-33H,5,34-35H2,1-2H3;/q+1;/b15-4+,41-16?,42-33?,46-36?;. The fourth-order valence-electron chi connectivity index (χ4n) is 6.31. The van der Waals surface area contributed by atoms with Gasteiger partial charge in [0.1, 0.15) is 0 Å². The molecule has 0 aromatic heterocycles. The Labute approximate surface area is 302 Å². The fraction of sp³-hybridized carbons (Fsp3) is 0.109. The molecular weight excluding hydrogens is 790 g/mol. The number of rotatable bonds is 8. The van der Waals surface area contributed by atoms with Crippen LogP contribution in [0, 0.1) is 16.2 Å². The van der Waals surface area contributed by atoms with Crippen LogP contribution in [0.25, 0.3) is 11.6 Å². The van der Waals surface area contributed by atoms with Gasteiger partial charge in [-0.25, -0.2) is 0 Å². The molecule has 5 aromatic rings. The zero-order valence-electron chi connectivity index (χ0n) is 27.9. The van der Waals surface area contributed by atoms with E-state index in [0.29, 0.717) is 13.2 Å². The van der Waals surface area contributed by atoms with Crippen molar-refractivity contribution in [2.75, 3.05) is 13.2 Å². The van der Waals surface area contributed by atoms with E-state index in [9.17, 15) is 0 Å². The van der Waals surface area contributed by atoms with Crippen LogP contribution in [-0.2, 0) is 22.7 Å². The van der Waals surface area contributed by atoms with Crippen molar-refractivity contribution in [3.05, 3.63) is 196 Å². The minimum atomic E-state index is -2.41.